The van der Waals surface area contributed by atoms with Gasteiger partial charge >= 0.3 is 0 Å². The topological polar surface area (TPSA) is 12.5 Å². The fourth-order valence-corrected chi connectivity index (χ4v) is 3.00. The number of benzene rings is 1. The fourth-order valence-electron chi connectivity index (χ4n) is 2.09. The summed E-state index contributed by atoms with van der Waals surface area (Å²) in [6.07, 6.45) is 1.31. The third-order valence-corrected chi connectivity index (χ3v) is 4.47. The quantitative estimate of drug-likeness (QED) is 0.743. The van der Waals surface area contributed by atoms with Gasteiger partial charge in [0.2, 0.25) is 0 Å². The molecule has 1 fully saturated rings. The standard InChI is InChI=1S/C13H17Br2NO/c14-9-11-4-5-16(10-11)6-7-17-13-3-1-2-12(15)8-13/h1-3,8,11H,4-7,9-10H2. The van der Waals surface area contributed by atoms with Crippen LogP contribution in [0.2, 0.25) is 0 Å². The highest BCUT2D eigenvalue weighted by molar-refractivity contribution is 9.10. The second-order valence-corrected chi connectivity index (χ2v) is 5.98. The summed E-state index contributed by atoms with van der Waals surface area (Å²) in [7, 11) is 0. The molecule has 1 aliphatic heterocycles. The Balaban J connectivity index is 1.70. The Bertz CT molecular complexity index is 359. The van der Waals surface area contributed by atoms with E-state index in [-0.39, 0.29) is 0 Å². The molecule has 0 N–H and O–H groups in total. The minimum atomic E-state index is 0.769. The Morgan fingerprint density at radius 3 is 3.00 bits per heavy atom. The summed E-state index contributed by atoms with van der Waals surface area (Å²) in [4.78, 5) is 2.48. The maximum absolute atomic E-state index is 5.73. The lowest BCUT2D eigenvalue weighted by atomic mass is 10.2. The number of hydrogen-bond donors (Lipinski definition) is 0. The van der Waals surface area contributed by atoms with Gasteiger partial charge in [0.05, 0.1) is 0 Å². The van der Waals surface area contributed by atoms with Gasteiger partial charge in [0, 0.05) is 22.9 Å². The smallest absolute Gasteiger partial charge is 0.120 e. The zero-order chi connectivity index (χ0) is 12.1. The van der Waals surface area contributed by atoms with E-state index in [2.05, 4.69) is 36.8 Å². The van der Waals surface area contributed by atoms with Gasteiger partial charge in [-0.05, 0) is 37.1 Å². The van der Waals surface area contributed by atoms with Gasteiger partial charge in [-0.3, -0.25) is 4.90 Å². The summed E-state index contributed by atoms with van der Waals surface area (Å²) in [6, 6.07) is 8.01. The van der Waals surface area contributed by atoms with Crippen molar-refractivity contribution in [2.24, 2.45) is 5.92 Å². The zero-order valence-electron chi connectivity index (χ0n) is 9.74. The van der Waals surface area contributed by atoms with Crippen LogP contribution in [0.25, 0.3) is 0 Å². The van der Waals surface area contributed by atoms with Crippen LogP contribution < -0.4 is 4.74 Å². The van der Waals surface area contributed by atoms with Crippen LogP contribution in [0, 0.1) is 5.92 Å². The van der Waals surface area contributed by atoms with Gasteiger partial charge in [-0.2, -0.15) is 0 Å². The molecule has 0 saturated carbocycles. The molecule has 1 aliphatic rings. The Hall–Kier alpha value is -0.0600. The van der Waals surface area contributed by atoms with Gasteiger partial charge in [-0.15, -0.1) is 0 Å². The number of likely N-dealkylation sites (tertiary alicyclic amines) is 1. The van der Waals surface area contributed by atoms with Crippen molar-refractivity contribution in [3.05, 3.63) is 28.7 Å². The lowest BCUT2D eigenvalue weighted by Crippen LogP contribution is -2.26. The Morgan fingerprint density at radius 1 is 1.41 bits per heavy atom. The first kappa shape index (κ1) is 13.4. The van der Waals surface area contributed by atoms with Gasteiger partial charge in [0.25, 0.3) is 0 Å². The summed E-state index contributed by atoms with van der Waals surface area (Å²) in [5, 5.41) is 1.12. The number of ether oxygens (including phenoxy) is 1. The summed E-state index contributed by atoms with van der Waals surface area (Å²) >= 11 is 7.00. The molecule has 1 unspecified atom stereocenters. The Morgan fingerprint density at radius 2 is 2.29 bits per heavy atom. The van der Waals surface area contributed by atoms with E-state index in [0.29, 0.717) is 0 Å². The Labute approximate surface area is 120 Å². The summed E-state index contributed by atoms with van der Waals surface area (Å²) in [5.74, 6) is 1.76. The molecule has 94 valence electrons. The van der Waals surface area contributed by atoms with E-state index in [1.807, 2.05) is 24.3 Å². The second-order valence-electron chi connectivity index (χ2n) is 4.42. The number of alkyl halides is 1. The molecule has 0 amide bonds. The average Bonchev–Trinajstić information content (AvgIpc) is 2.77. The van der Waals surface area contributed by atoms with Crippen molar-refractivity contribution < 1.29 is 4.74 Å². The first-order valence-corrected chi connectivity index (χ1v) is 7.86. The molecule has 0 aliphatic carbocycles. The normalized spacial score (nSPS) is 20.7. The molecule has 1 aromatic rings. The van der Waals surface area contributed by atoms with Gasteiger partial charge in [0.1, 0.15) is 12.4 Å². The van der Waals surface area contributed by atoms with Crippen LogP contribution in [0.15, 0.2) is 28.7 Å². The van der Waals surface area contributed by atoms with Crippen LogP contribution in [0.1, 0.15) is 6.42 Å². The van der Waals surface area contributed by atoms with Crippen molar-refractivity contribution in [3.8, 4) is 5.75 Å². The van der Waals surface area contributed by atoms with Crippen LogP contribution in [-0.4, -0.2) is 36.5 Å². The van der Waals surface area contributed by atoms with Crippen molar-refractivity contribution in [1.82, 2.24) is 4.90 Å². The first-order valence-electron chi connectivity index (χ1n) is 5.94. The molecule has 0 radical (unpaired) electrons. The molecule has 2 nitrogen and oxygen atoms in total. The van der Waals surface area contributed by atoms with Crippen LogP contribution in [0.5, 0.6) is 5.75 Å². The summed E-state index contributed by atoms with van der Waals surface area (Å²) in [6.45, 7) is 4.20. The van der Waals surface area contributed by atoms with E-state index in [1.165, 1.54) is 19.5 Å². The SMILES string of the molecule is BrCC1CCN(CCOc2cccc(Br)c2)C1. The first-order chi connectivity index (χ1) is 8.28. The van der Waals surface area contributed by atoms with E-state index in [9.17, 15) is 0 Å². The van der Waals surface area contributed by atoms with Crippen LogP contribution in [0.3, 0.4) is 0 Å². The number of rotatable bonds is 5. The lowest BCUT2D eigenvalue weighted by molar-refractivity contribution is 0.234. The van der Waals surface area contributed by atoms with Crippen molar-refractivity contribution >= 4 is 31.9 Å². The molecule has 1 heterocycles. The number of hydrogen-bond acceptors (Lipinski definition) is 2. The molecule has 1 atom stereocenters. The van der Waals surface area contributed by atoms with Crippen LogP contribution >= 0.6 is 31.9 Å². The predicted octanol–water partition coefficient (Wildman–Crippen LogP) is 3.54. The van der Waals surface area contributed by atoms with E-state index in [4.69, 9.17) is 4.74 Å². The van der Waals surface area contributed by atoms with E-state index >= 15 is 0 Å². The summed E-state index contributed by atoms with van der Waals surface area (Å²) < 4.78 is 6.80. The zero-order valence-corrected chi connectivity index (χ0v) is 12.9. The molecular formula is C13H17Br2NO. The number of nitrogens with zero attached hydrogens (tertiary/aromatic N) is 1. The van der Waals surface area contributed by atoms with Gasteiger partial charge in [0.15, 0.2) is 0 Å². The molecule has 17 heavy (non-hydrogen) atoms. The third kappa shape index (κ3) is 4.27. The van der Waals surface area contributed by atoms with Gasteiger partial charge < -0.3 is 4.74 Å². The molecule has 0 spiro atoms. The molecular weight excluding hydrogens is 346 g/mol. The van der Waals surface area contributed by atoms with E-state index in [0.717, 1.165) is 34.6 Å². The van der Waals surface area contributed by atoms with Crippen LogP contribution in [-0.2, 0) is 0 Å². The largest absolute Gasteiger partial charge is 0.492 e. The Kier molecular flexibility index (Phi) is 5.32. The minimum Gasteiger partial charge on any atom is -0.492 e. The maximum Gasteiger partial charge on any atom is 0.120 e. The fraction of sp³-hybridized carbons (Fsp3) is 0.538. The highest BCUT2D eigenvalue weighted by atomic mass is 79.9. The van der Waals surface area contributed by atoms with Crippen LogP contribution in [0.4, 0.5) is 0 Å². The monoisotopic (exact) mass is 361 g/mol. The third-order valence-electron chi connectivity index (χ3n) is 3.06. The van der Waals surface area contributed by atoms with Crippen molar-refractivity contribution in [3.63, 3.8) is 0 Å². The van der Waals surface area contributed by atoms with Crippen molar-refractivity contribution in [2.75, 3.05) is 31.6 Å². The molecule has 4 heteroatoms. The number of halogens is 2. The molecule has 2 rings (SSSR count). The summed E-state index contributed by atoms with van der Waals surface area (Å²) in [5.41, 5.74) is 0. The van der Waals surface area contributed by atoms with Gasteiger partial charge in [-0.1, -0.05) is 37.9 Å². The average molecular weight is 363 g/mol. The van der Waals surface area contributed by atoms with E-state index < -0.39 is 0 Å². The molecule has 1 aromatic carbocycles. The maximum atomic E-state index is 5.73. The molecule has 0 aromatic heterocycles. The van der Waals surface area contributed by atoms with E-state index in [1.54, 1.807) is 0 Å². The predicted molar refractivity (Wildman–Crippen MR) is 78.0 cm³/mol. The van der Waals surface area contributed by atoms with Crippen molar-refractivity contribution in [1.29, 1.82) is 0 Å². The lowest BCUT2D eigenvalue weighted by Gasteiger charge is -2.15. The highest BCUT2D eigenvalue weighted by Gasteiger charge is 2.20. The van der Waals surface area contributed by atoms with Crippen molar-refractivity contribution in [2.45, 2.75) is 6.42 Å². The van der Waals surface area contributed by atoms with Gasteiger partial charge in [-0.25, -0.2) is 0 Å². The molecule has 1 saturated heterocycles. The minimum absolute atomic E-state index is 0.769. The highest BCUT2D eigenvalue weighted by Crippen LogP contribution is 2.19. The second kappa shape index (κ2) is 6.76. The molecule has 0 bridgehead atoms.